The van der Waals surface area contributed by atoms with Crippen molar-refractivity contribution in [2.75, 3.05) is 13.2 Å². The quantitative estimate of drug-likeness (QED) is 0.848. The Bertz CT molecular complexity index is 627. The number of nitrogens with two attached hydrogens (primary N) is 1. The summed E-state index contributed by atoms with van der Waals surface area (Å²) in [4.78, 5) is 37.1. The first-order valence-corrected chi connectivity index (χ1v) is 7.73. The highest BCUT2D eigenvalue weighted by molar-refractivity contribution is 5.92. The highest BCUT2D eigenvalue weighted by Crippen LogP contribution is 2.17. The molecule has 0 aliphatic carbocycles. The van der Waals surface area contributed by atoms with Gasteiger partial charge in [0, 0.05) is 6.54 Å². The third kappa shape index (κ3) is 4.09. The van der Waals surface area contributed by atoms with E-state index in [0.717, 1.165) is 24.0 Å². The van der Waals surface area contributed by atoms with Gasteiger partial charge in [0.2, 0.25) is 5.91 Å². The molecule has 1 fully saturated rings. The van der Waals surface area contributed by atoms with Gasteiger partial charge in [0.15, 0.2) is 6.61 Å². The van der Waals surface area contributed by atoms with Crippen LogP contribution in [-0.4, -0.2) is 41.9 Å². The van der Waals surface area contributed by atoms with Gasteiger partial charge >= 0.3 is 5.97 Å². The summed E-state index contributed by atoms with van der Waals surface area (Å²) in [6.45, 7) is 3.94. The van der Waals surface area contributed by atoms with Crippen molar-refractivity contribution in [2.45, 2.75) is 39.2 Å². The van der Waals surface area contributed by atoms with Gasteiger partial charge in [-0.3, -0.25) is 9.59 Å². The Labute approximate surface area is 135 Å². The average molecular weight is 318 g/mol. The smallest absolute Gasteiger partial charge is 0.338 e. The lowest BCUT2D eigenvalue weighted by atomic mass is 10.0. The summed E-state index contributed by atoms with van der Waals surface area (Å²) in [7, 11) is 0. The summed E-state index contributed by atoms with van der Waals surface area (Å²) in [5.41, 5.74) is 7.80. The number of piperidine rings is 1. The van der Waals surface area contributed by atoms with Crippen LogP contribution in [0.4, 0.5) is 0 Å². The maximum Gasteiger partial charge on any atom is 0.338 e. The van der Waals surface area contributed by atoms with Crippen LogP contribution in [0.5, 0.6) is 0 Å². The van der Waals surface area contributed by atoms with Crippen LogP contribution in [-0.2, 0) is 14.3 Å². The van der Waals surface area contributed by atoms with Gasteiger partial charge in [0.25, 0.3) is 5.91 Å². The van der Waals surface area contributed by atoms with E-state index in [0.29, 0.717) is 18.5 Å². The molecule has 1 saturated heterocycles. The molecule has 23 heavy (non-hydrogen) atoms. The largest absolute Gasteiger partial charge is 0.452 e. The minimum Gasteiger partial charge on any atom is -0.452 e. The van der Waals surface area contributed by atoms with Gasteiger partial charge < -0.3 is 15.4 Å². The topological polar surface area (TPSA) is 89.7 Å². The van der Waals surface area contributed by atoms with E-state index >= 15 is 0 Å². The number of likely N-dealkylation sites (tertiary alicyclic amines) is 1. The number of ether oxygens (including phenoxy) is 1. The van der Waals surface area contributed by atoms with Crippen molar-refractivity contribution in [3.05, 3.63) is 34.9 Å². The summed E-state index contributed by atoms with van der Waals surface area (Å²) in [6.07, 6.45) is 2.24. The molecule has 0 aromatic heterocycles. The SMILES string of the molecule is Cc1ccc(C(=O)OCC(=O)N2CCCC[C@H]2C(N)=O)cc1C. The van der Waals surface area contributed by atoms with Gasteiger partial charge in [-0.25, -0.2) is 4.79 Å². The van der Waals surface area contributed by atoms with Crippen molar-refractivity contribution in [3.8, 4) is 0 Å². The molecule has 6 nitrogen and oxygen atoms in total. The molecule has 0 saturated carbocycles. The van der Waals surface area contributed by atoms with Gasteiger partial charge in [-0.2, -0.15) is 0 Å². The first kappa shape index (κ1) is 17.0. The fourth-order valence-electron chi connectivity index (χ4n) is 2.69. The fourth-order valence-corrected chi connectivity index (χ4v) is 2.69. The molecule has 1 aliphatic rings. The number of carbonyl (C=O) groups is 3. The number of benzene rings is 1. The number of hydrogen-bond acceptors (Lipinski definition) is 4. The van der Waals surface area contributed by atoms with Gasteiger partial charge in [-0.1, -0.05) is 6.07 Å². The van der Waals surface area contributed by atoms with Crippen LogP contribution in [0.3, 0.4) is 0 Å². The minimum absolute atomic E-state index is 0.379. The van der Waals surface area contributed by atoms with E-state index in [2.05, 4.69) is 0 Å². The summed E-state index contributed by atoms with van der Waals surface area (Å²) < 4.78 is 5.08. The summed E-state index contributed by atoms with van der Waals surface area (Å²) in [5, 5.41) is 0. The van der Waals surface area contributed by atoms with Gasteiger partial charge in [-0.05, 0) is 56.4 Å². The molecule has 2 rings (SSSR count). The minimum atomic E-state index is -0.600. The second kappa shape index (κ2) is 7.26. The highest BCUT2D eigenvalue weighted by Gasteiger charge is 2.31. The number of hydrogen-bond donors (Lipinski definition) is 1. The summed E-state index contributed by atoms with van der Waals surface area (Å²) in [6, 6.07) is 4.63. The molecule has 1 aromatic rings. The molecule has 0 radical (unpaired) electrons. The molecule has 1 aromatic carbocycles. The molecule has 0 bridgehead atoms. The van der Waals surface area contributed by atoms with E-state index in [1.807, 2.05) is 19.9 Å². The van der Waals surface area contributed by atoms with Crippen LogP contribution in [0.1, 0.15) is 40.7 Å². The van der Waals surface area contributed by atoms with Gasteiger partial charge in [0.1, 0.15) is 6.04 Å². The summed E-state index contributed by atoms with van der Waals surface area (Å²) >= 11 is 0. The zero-order chi connectivity index (χ0) is 17.0. The third-order valence-corrected chi connectivity index (χ3v) is 4.22. The molecular formula is C17H22N2O4. The maximum absolute atomic E-state index is 12.2. The first-order chi connectivity index (χ1) is 10.9. The number of primary amides is 1. The molecule has 2 N–H and O–H groups in total. The Morgan fingerprint density at radius 2 is 1.96 bits per heavy atom. The van der Waals surface area contributed by atoms with Crippen molar-refractivity contribution in [1.29, 1.82) is 0 Å². The predicted octanol–water partition coefficient (Wildman–Crippen LogP) is 1.33. The van der Waals surface area contributed by atoms with Gasteiger partial charge in [0.05, 0.1) is 5.56 Å². The van der Waals surface area contributed by atoms with Crippen molar-refractivity contribution in [2.24, 2.45) is 5.73 Å². The maximum atomic E-state index is 12.2. The van der Waals surface area contributed by atoms with E-state index in [1.54, 1.807) is 12.1 Å². The second-order valence-electron chi connectivity index (χ2n) is 5.88. The first-order valence-electron chi connectivity index (χ1n) is 7.73. The van der Waals surface area contributed by atoms with Crippen molar-refractivity contribution in [1.82, 2.24) is 4.90 Å². The fraction of sp³-hybridized carbons (Fsp3) is 0.471. The molecule has 0 unspecified atom stereocenters. The summed E-state index contributed by atoms with van der Waals surface area (Å²) in [5.74, 6) is -1.45. The lowest BCUT2D eigenvalue weighted by Crippen LogP contribution is -2.51. The standard InChI is InChI=1S/C17H22N2O4/c1-11-6-7-13(9-12(11)2)17(22)23-10-15(20)19-8-4-3-5-14(19)16(18)21/h6-7,9,14H,3-5,8,10H2,1-2H3,(H2,18,21)/t14-/m0/s1. The van der Waals surface area contributed by atoms with E-state index < -0.39 is 17.9 Å². The van der Waals surface area contributed by atoms with Crippen LogP contribution in [0.15, 0.2) is 18.2 Å². The van der Waals surface area contributed by atoms with E-state index in [9.17, 15) is 14.4 Å². The van der Waals surface area contributed by atoms with Crippen LogP contribution in [0.2, 0.25) is 0 Å². The zero-order valence-corrected chi connectivity index (χ0v) is 13.5. The lowest BCUT2D eigenvalue weighted by molar-refractivity contribution is -0.143. The number of esters is 1. The van der Waals surface area contributed by atoms with Crippen LogP contribution in [0, 0.1) is 13.8 Å². The highest BCUT2D eigenvalue weighted by atomic mass is 16.5. The number of nitrogens with zero attached hydrogens (tertiary/aromatic N) is 1. The Balaban J connectivity index is 1.96. The molecule has 6 heteroatoms. The Hall–Kier alpha value is -2.37. The zero-order valence-electron chi connectivity index (χ0n) is 13.5. The molecule has 0 spiro atoms. The molecule has 1 aliphatic heterocycles. The van der Waals surface area contributed by atoms with E-state index in [1.165, 1.54) is 4.90 Å². The second-order valence-corrected chi connectivity index (χ2v) is 5.88. The lowest BCUT2D eigenvalue weighted by Gasteiger charge is -2.33. The normalized spacial score (nSPS) is 17.7. The third-order valence-electron chi connectivity index (χ3n) is 4.22. The molecule has 1 atom stereocenters. The monoisotopic (exact) mass is 318 g/mol. The molecule has 1 heterocycles. The van der Waals surface area contributed by atoms with Crippen molar-refractivity contribution in [3.63, 3.8) is 0 Å². The van der Waals surface area contributed by atoms with Gasteiger partial charge in [-0.15, -0.1) is 0 Å². The Morgan fingerprint density at radius 3 is 2.61 bits per heavy atom. The number of aryl methyl sites for hydroxylation is 2. The van der Waals surface area contributed by atoms with E-state index in [4.69, 9.17) is 10.5 Å². The van der Waals surface area contributed by atoms with Crippen LogP contribution < -0.4 is 5.73 Å². The Kier molecular flexibility index (Phi) is 5.36. The number of amides is 2. The molecule has 2 amide bonds. The number of rotatable bonds is 4. The molecular weight excluding hydrogens is 296 g/mol. The average Bonchev–Trinajstić information content (AvgIpc) is 2.54. The molecule has 124 valence electrons. The Morgan fingerprint density at radius 1 is 1.22 bits per heavy atom. The predicted molar refractivity (Wildman–Crippen MR) is 84.7 cm³/mol. The van der Waals surface area contributed by atoms with E-state index in [-0.39, 0.29) is 12.5 Å². The van der Waals surface area contributed by atoms with Crippen LogP contribution in [0.25, 0.3) is 0 Å². The van der Waals surface area contributed by atoms with Crippen LogP contribution >= 0.6 is 0 Å². The van der Waals surface area contributed by atoms with Crippen molar-refractivity contribution >= 4 is 17.8 Å². The van der Waals surface area contributed by atoms with Crippen molar-refractivity contribution < 1.29 is 19.1 Å². The number of carbonyl (C=O) groups excluding carboxylic acids is 3.